The molecule has 1 saturated heterocycles. The molecule has 0 unspecified atom stereocenters. The molecule has 1 fully saturated rings. The van der Waals surface area contributed by atoms with Crippen LogP contribution < -0.4 is 10.2 Å². The molecule has 0 aliphatic carbocycles. The summed E-state index contributed by atoms with van der Waals surface area (Å²) in [6, 6.07) is 9.37. The fourth-order valence-electron chi connectivity index (χ4n) is 5.40. The Hall–Kier alpha value is -3.24. The van der Waals surface area contributed by atoms with Crippen LogP contribution in [0.1, 0.15) is 66.8 Å². The van der Waals surface area contributed by atoms with Crippen LogP contribution in [0.15, 0.2) is 36.4 Å². The molecular weight excluding hydrogens is 546 g/mol. The normalized spacial score (nSPS) is 19.3. The summed E-state index contributed by atoms with van der Waals surface area (Å²) in [5.74, 6) is -1.54. The molecule has 41 heavy (non-hydrogen) atoms. The minimum absolute atomic E-state index is 0.00552. The molecule has 2 aromatic carbocycles. The van der Waals surface area contributed by atoms with Crippen molar-refractivity contribution in [1.29, 1.82) is 0 Å². The Morgan fingerprint density at radius 3 is 2.66 bits per heavy atom. The van der Waals surface area contributed by atoms with Crippen molar-refractivity contribution >= 4 is 29.4 Å². The van der Waals surface area contributed by atoms with E-state index in [0.717, 1.165) is 35.7 Å². The van der Waals surface area contributed by atoms with Gasteiger partial charge in [-0.2, -0.15) is 5.10 Å². The van der Waals surface area contributed by atoms with Gasteiger partial charge in [0.15, 0.2) is 0 Å². The highest BCUT2D eigenvalue weighted by Crippen LogP contribution is 2.49. The lowest BCUT2D eigenvalue weighted by molar-refractivity contribution is -0.123. The molecule has 2 aliphatic heterocycles. The number of amides is 2. The minimum atomic E-state index is -0.692. The van der Waals surface area contributed by atoms with E-state index in [1.807, 2.05) is 52.8 Å². The van der Waals surface area contributed by atoms with Gasteiger partial charge < -0.3 is 10.1 Å². The third-order valence-corrected chi connectivity index (χ3v) is 8.94. The van der Waals surface area contributed by atoms with Crippen molar-refractivity contribution in [3.05, 3.63) is 76.0 Å². The zero-order valence-electron chi connectivity index (χ0n) is 24.1. The van der Waals surface area contributed by atoms with Gasteiger partial charge in [-0.1, -0.05) is 39.0 Å². The molecule has 0 bridgehead atoms. The highest BCUT2D eigenvalue weighted by molar-refractivity contribution is 8.00. The van der Waals surface area contributed by atoms with E-state index in [9.17, 15) is 14.0 Å². The molecule has 0 saturated carbocycles. The van der Waals surface area contributed by atoms with Crippen molar-refractivity contribution in [3.8, 4) is 5.69 Å². The van der Waals surface area contributed by atoms with E-state index < -0.39 is 22.3 Å². The maximum Gasteiger partial charge on any atom is 0.240 e. The second-order valence-electron chi connectivity index (χ2n) is 11.7. The van der Waals surface area contributed by atoms with Gasteiger partial charge in [0.2, 0.25) is 11.8 Å². The summed E-state index contributed by atoms with van der Waals surface area (Å²) in [6.07, 6.45) is 1.80. The first kappa shape index (κ1) is 29.3. The Morgan fingerprint density at radius 2 is 1.98 bits per heavy atom. The van der Waals surface area contributed by atoms with E-state index in [0.29, 0.717) is 30.2 Å². The molecule has 3 heterocycles. The van der Waals surface area contributed by atoms with Gasteiger partial charge in [0, 0.05) is 35.8 Å². The molecule has 10 heteroatoms. The molecule has 0 radical (unpaired) electrons. The number of halogens is 2. The fourth-order valence-corrected chi connectivity index (χ4v) is 6.62. The van der Waals surface area contributed by atoms with Crippen molar-refractivity contribution in [1.82, 2.24) is 15.1 Å². The maximum atomic E-state index is 15.3. The number of fused-ring (bicyclic) bond motifs is 1. The van der Waals surface area contributed by atoms with Crippen LogP contribution in [0, 0.1) is 25.5 Å². The van der Waals surface area contributed by atoms with E-state index in [4.69, 9.17) is 9.84 Å². The van der Waals surface area contributed by atoms with Crippen LogP contribution in [-0.4, -0.2) is 53.1 Å². The lowest BCUT2D eigenvalue weighted by Crippen LogP contribution is -2.44. The quantitative estimate of drug-likeness (QED) is 0.414. The molecule has 5 rings (SSSR count). The first-order valence-electron chi connectivity index (χ1n) is 13.9. The number of nitrogens with zero attached hydrogens (tertiary/aromatic N) is 3. The number of carbonyl (C=O) groups is 2. The third kappa shape index (κ3) is 5.90. The number of hydrogen-bond acceptors (Lipinski definition) is 5. The van der Waals surface area contributed by atoms with Crippen LogP contribution in [0.2, 0.25) is 0 Å². The van der Waals surface area contributed by atoms with Crippen molar-refractivity contribution < 1.29 is 23.1 Å². The summed E-state index contributed by atoms with van der Waals surface area (Å²) in [6.45, 7) is 10.8. The third-order valence-electron chi connectivity index (χ3n) is 7.70. The average Bonchev–Trinajstić information content (AvgIpc) is 3.54. The highest BCUT2D eigenvalue weighted by atomic mass is 32.2. The number of nitrogens with one attached hydrogen (secondary N) is 1. The Labute approximate surface area is 243 Å². The number of anilines is 1. The van der Waals surface area contributed by atoms with Crippen molar-refractivity contribution in [2.24, 2.45) is 0 Å². The van der Waals surface area contributed by atoms with Crippen LogP contribution in [0.5, 0.6) is 0 Å². The van der Waals surface area contributed by atoms with Gasteiger partial charge in [0.05, 0.1) is 28.5 Å². The van der Waals surface area contributed by atoms with Crippen molar-refractivity contribution in [3.63, 3.8) is 0 Å². The number of aryl methyl sites for hydroxylation is 1. The lowest BCUT2D eigenvalue weighted by Gasteiger charge is -2.25. The second-order valence-corrected chi connectivity index (χ2v) is 12.8. The predicted molar refractivity (Wildman–Crippen MR) is 157 cm³/mol. The standard InChI is InChI=1S/C31H36F2N4O3S/c1-18-8-6-10-24(19(18)2)37-30-27(29(35-37)31(3,4)5)28(22-12-11-20(32)14-23(22)33)41-17-26(39)36(30)16-25(38)34-15-21-9-7-13-40-21/h6,8,10-12,14,21,28H,7,9,13,15-17H2,1-5H3,(H,34,38)/t21-,28+/m0/s1. The topological polar surface area (TPSA) is 76.5 Å². The van der Waals surface area contributed by atoms with Gasteiger partial charge in [-0.25, -0.2) is 13.5 Å². The summed E-state index contributed by atoms with van der Waals surface area (Å²) in [5, 5.41) is 7.33. The lowest BCUT2D eigenvalue weighted by atomic mass is 9.87. The molecule has 7 nitrogen and oxygen atoms in total. The summed E-state index contributed by atoms with van der Waals surface area (Å²) in [7, 11) is 0. The number of aromatic nitrogens is 2. The van der Waals surface area contributed by atoms with Crippen LogP contribution in [0.3, 0.4) is 0 Å². The second kappa shape index (κ2) is 11.6. The average molecular weight is 583 g/mol. The van der Waals surface area contributed by atoms with Crippen LogP contribution >= 0.6 is 11.8 Å². The molecule has 2 amide bonds. The zero-order chi connectivity index (χ0) is 29.5. The summed E-state index contributed by atoms with van der Waals surface area (Å²) in [4.78, 5) is 28.5. The molecule has 3 aromatic rings. The van der Waals surface area contributed by atoms with E-state index in [1.165, 1.54) is 28.8 Å². The molecule has 2 aliphatic rings. The molecule has 2 atom stereocenters. The van der Waals surface area contributed by atoms with E-state index >= 15 is 4.39 Å². The van der Waals surface area contributed by atoms with Crippen LogP contribution in [0.4, 0.5) is 14.6 Å². The summed E-state index contributed by atoms with van der Waals surface area (Å²) < 4.78 is 36.6. The number of benzene rings is 2. The number of ether oxygens (including phenoxy) is 1. The van der Waals surface area contributed by atoms with Crippen molar-refractivity contribution in [2.45, 2.75) is 64.2 Å². The monoisotopic (exact) mass is 582 g/mol. The van der Waals surface area contributed by atoms with Gasteiger partial charge in [-0.3, -0.25) is 14.5 Å². The predicted octanol–water partition coefficient (Wildman–Crippen LogP) is 5.53. The van der Waals surface area contributed by atoms with Crippen molar-refractivity contribution in [2.75, 3.05) is 30.3 Å². The molecule has 1 N–H and O–H groups in total. The van der Waals surface area contributed by atoms with Gasteiger partial charge in [0.1, 0.15) is 24.0 Å². The number of thioether (sulfide) groups is 1. The Morgan fingerprint density at radius 1 is 1.20 bits per heavy atom. The van der Waals surface area contributed by atoms with Crippen LogP contribution in [0.25, 0.3) is 5.69 Å². The van der Waals surface area contributed by atoms with E-state index in [1.54, 1.807) is 4.68 Å². The Kier molecular flexibility index (Phi) is 8.25. The Balaban J connectivity index is 1.70. The van der Waals surface area contributed by atoms with Crippen LogP contribution in [-0.2, 0) is 19.7 Å². The first-order valence-corrected chi connectivity index (χ1v) is 15.0. The molecular formula is C31H36F2N4O3S. The summed E-state index contributed by atoms with van der Waals surface area (Å²) in [5.41, 5.74) is 3.86. The number of hydrogen-bond donors (Lipinski definition) is 1. The van der Waals surface area contributed by atoms with E-state index in [2.05, 4.69) is 5.32 Å². The molecule has 0 spiro atoms. The summed E-state index contributed by atoms with van der Waals surface area (Å²) >= 11 is 1.26. The largest absolute Gasteiger partial charge is 0.376 e. The smallest absolute Gasteiger partial charge is 0.240 e. The maximum absolute atomic E-state index is 15.3. The van der Waals surface area contributed by atoms with E-state index in [-0.39, 0.29) is 35.8 Å². The first-order chi connectivity index (χ1) is 19.5. The van der Waals surface area contributed by atoms with Gasteiger partial charge in [-0.15, -0.1) is 11.8 Å². The fraction of sp³-hybridized carbons (Fsp3) is 0.452. The number of rotatable bonds is 6. The molecule has 1 aromatic heterocycles. The number of carbonyl (C=O) groups excluding carboxylic acids is 2. The zero-order valence-corrected chi connectivity index (χ0v) is 24.9. The highest BCUT2D eigenvalue weighted by Gasteiger charge is 2.41. The molecule has 218 valence electrons. The Bertz CT molecular complexity index is 1480. The minimum Gasteiger partial charge on any atom is -0.376 e. The van der Waals surface area contributed by atoms with Gasteiger partial charge >= 0.3 is 0 Å². The van der Waals surface area contributed by atoms with Gasteiger partial charge in [0.25, 0.3) is 0 Å². The van der Waals surface area contributed by atoms with Gasteiger partial charge in [-0.05, 0) is 49.9 Å². The SMILES string of the molecule is Cc1cccc(-n2nc(C(C)(C)C)c3c2N(CC(=O)NC[C@@H]2CCCO2)C(=O)CS[C@@H]3c2ccc(F)cc2F)c1C.